The van der Waals surface area contributed by atoms with Gasteiger partial charge in [0.15, 0.2) is 0 Å². The Morgan fingerprint density at radius 1 is 1.00 bits per heavy atom. The SMILES string of the molecule is CCC(C)C(NC(=O)C(N)CCC(N)=O)C(=O)NC(C)C(=O)NC(Cc1c[nH]c2ccccc12)C(=O)O. The summed E-state index contributed by atoms with van der Waals surface area (Å²) >= 11 is 0. The van der Waals surface area contributed by atoms with Gasteiger partial charge in [0.25, 0.3) is 0 Å². The van der Waals surface area contributed by atoms with Crippen LogP contribution in [-0.2, 0) is 30.4 Å². The molecule has 0 aliphatic rings. The number of nitrogens with one attached hydrogen (secondary N) is 4. The van der Waals surface area contributed by atoms with Gasteiger partial charge in [0.2, 0.25) is 23.6 Å². The Hall–Kier alpha value is -3.93. The van der Waals surface area contributed by atoms with Crippen molar-refractivity contribution in [2.24, 2.45) is 17.4 Å². The van der Waals surface area contributed by atoms with Gasteiger partial charge in [-0.3, -0.25) is 19.2 Å². The molecule has 0 aliphatic carbocycles. The van der Waals surface area contributed by atoms with Gasteiger partial charge >= 0.3 is 5.97 Å². The zero-order valence-corrected chi connectivity index (χ0v) is 21.2. The quantitative estimate of drug-likeness (QED) is 0.181. The zero-order chi connectivity index (χ0) is 27.7. The van der Waals surface area contributed by atoms with Gasteiger partial charge in [0.05, 0.1) is 6.04 Å². The van der Waals surface area contributed by atoms with E-state index in [1.165, 1.54) is 6.92 Å². The maximum absolute atomic E-state index is 13.0. The molecule has 2 rings (SSSR count). The third kappa shape index (κ3) is 8.31. The van der Waals surface area contributed by atoms with Crippen LogP contribution in [0.25, 0.3) is 10.9 Å². The number of primary amides is 1. The molecule has 9 N–H and O–H groups in total. The Morgan fingerprint density at radius 3 is 2.30 bits per heavy atom. The fourth-order valence-electron chi connectivity index (χ4n) is 3.78. The van der Waals surface area contributed by atoms with E-state index in [2.05, 4.69) is 20.9 Å². The van der Waals surface area contributed by atoms with Crippen molar-refractivity contribution in [2.45, 2.75) is 70.6 Å². The molecule has 0 bridgehead atoms. The van der Waals surface area contributed by atoms with Crippen molar-refractivity contribution in [3.8, 4) is 0 Å². The number of carbonyl (C=O) groups excluding carboxylic acids is 4. The number of amides is 4. The maximum Gasteiger partial charge on any atom is 0.326 e. The number of aliphatic carboxylic acids is 1. The monoisotopic (exact) mass is 516 g/mol. The fourth-order valence-corrected chi connectivity index (χ4v) is 3.78. The lowest BCUT2D eigenvalue weighted by atomic mass is 9.97. The summed E-state index contributed by atoms with van der Waals surface area (Å²) < 4.78 is 0. The fraction of sp³-hybridized carbons (Fsp3) is 0.480. The first-order valence-corrected chi connectivity index (χ1v) is 12.2. The number of hydrogen-bond acceptors (Lipinski definition) is 6. The molecule has 0 saturated carbocycles. The normalized spacial score (nSPS) is 15.1. The van der Waals surface area contributed by atoms with Gasteiger partial charge in [-0.2, -0.15) is 0 Å². The van der Waals surface area contributed by atoms with E-state index < -0.39 is 53.8 Å². The average Bonchev–Trinajstić information content (AvgIpc) is 3.27. The van der Waals surface area contributed by atoms with Crippen LogP contribution in [0, 0.1) is 5.92 Å². The standard InChI is InChI=1S/C25H36N6O6/c1-4-13(2)21(31-23(34)17(26)9-10-20(27)32)24(35)29-14(3)22(33)30-19(25(36)37)11-15-12-28-18-8-6-5-7-16(15)18/h5-8,12-14,17,19,21,28H,4,9-11,26H2,1-3H3,(H2,27,32)(H,29,35)(H,30,33)(H,31,34)(H,36,37). The Morgan fingerprint density at radius 2 is 1.68 bits per heavy atom. The Kier molecular flexibility index (Phi) is 10.6. The number of rotatable bonds is 14. The molecule has 0 saturated heterocycles. The van der Waals surface area contributed by atoms with E-state index in [0.717, 1.165) is 16.5 Å². The number of benzene rings is 1. The maximum atomic E-state index is 13.0. The van der Waals surface area contributed by atoms with Crippen LogP contribution < -0.4 is 27.4 Å². The number of carboxylic acids is 1. The molecule has 4 amide bonds. The van der Waals surface area contributed by atoms with E-state index in [1.54, 1.807) is 13.1 Å². The molecular weight excluding hydrogens is 480 g/mol. The molecule has 202 valence electrons. The first-order chi connectivity index (χ1) is 17.4. The summed E-state index contributed by atoms with van der Waals surface area (Å²) in [6.07, 6.45) is 2.24. The van der Waals surface area contributed by atoms with Crippen LogP contribution in [0.15, 0.2) is 30.5 Å². The summed E-state index contributed by atoms with van der Waals surface area (Å²) in [5.41, 5.74) is 12.5. The van der Waals surface area contributed by atoms with Gasteiger partial charge in [0, 0.05) is 29.9 Å². The van der Waals surface area contributed by atoms with E-state index in [0.29, 0.717) is 6.42 Å². The van der Waals surface area contributed by atoms with Gasteiger partial charge in [0.1, 0.15) is 18.1 Å². The van der Waals surface area contributed by atoms with Crippen LogP contribution in [0.2, 0.25) is 0 Å². The molecule has 5 unspecified atom stereocenters. The molecule has 0 aliphatic heterocycles. The predicted molar refractivity (Wildman–Crippen MR) is 137 cm³/mol. The third-order valence-corrected chi connectivity index (χ3v) is 6.30. The molecule has 12 nitrogen and oxygen atoms in total. The van der Waals surface area contributed by atoms with Gasteiger partial charge in [-0.05, 0) is 30.9 Å². The number of fused-ring (bicyclic) bond motifs is 1. The van der Waals surface area contributed by atoms with Crippen molar-refractivity contribution < 1.29 is 29.1 Å². The van der Waals surface area contributed by atoms with Crippen molar-refractivity contribution in [2.75, 3.05) is 0 Å². The Balaban J connectivity index is 2.03. The number of H-pyrrole nitrogens is 1. The topological polar surface area (TPSA) is 209 Å². The van der Waals surface area contributed by atoms with Crippen LogP contribution >= 0.6 is 0 Å². The second-order valence-electron chi connectivity index (χ2n) is 9.18. The summed E-state index contributed by atoms with van der Waals surface area (Å²) in [5, 5.41) is 18.1. The third-order valence-electron chi connectivity index (χ3n) is 6.30. The van der Waals surface area contributed by atoms with Gasteiger partial charge in [-0.1, -0.05) is 38.5 Å². The minimum atomic E-state index is -1.22. The molecule has 12 heteroatoms. The lowest BCUT2D eigenvalue weighted by Gasteiger charge is -2.27. The highest BCUT2D eigenvalue weighted by molar-refractivity contribution is 5.94. The lowest BCUT2D eigenvalue weighted by Crippen LogP contribution is -2.58. The van der Waals surface area contributed by atoms with E-state index in [-0.39, 0.29) is 25.2 Å². The van der Waals surface area contributed by atoms with Crippen LogP contribution in [0.4, 0.5) is 0 Å². The molecule has 0 spiro atoms. The molecule has 0 radical (unpaired) electrons. The number of carboxylic acid groups (broad SMARTS) is 1. The smallest absolute Gasteiger partial charge is 0.326 e. The molecule has 37 heavy (non-hydrogen) atoms. The average molecular weight is 517 g/mol. The minimum absolute atomic E-state index is 0.0296. The number of carbonyl (C=O) groups is 5. The first-order valence-electron chi connectivity index (χ1n) is 12.2. The van der Waals surface area contributed by atoms with E-state index in [9.17, 15) is 29.1 Å². The molecular formula is C25H36N6O6. The lowest BCUT2D eigenvalue weighted by molar-refractivity contribution is -0.142. The summed E-state index contributed by atoms with van der Waals surface area (Å²) in [6, 6.07) is 3.08. The summed E-state index contributed by atoms with van der Waals surface area (Å²) in [6.45, 7) is 5.01. The van der Waals surface area contributed by atoms with Crippen molar-refractivity contribution >= 4 is 40.5 Å². The largest absolute Gasteiger partial charge is 0.480 e. The van der Waals surface area contributed by atoms with E-state index in [1.807, 2.05) is 31.2 Å². The Bertz CT molecular complexity index is 1130. The van der Waals surface area contributed by atoms with E-state index in [4.69, 9.17) is 11.5 Å². The highest BCUT2D eigenvalue weighted by Gasteiger charge is 2.31. The highest BCUT2D eigenvalue weighted by Crippen LogP contribution is 2.19. The summed E-state index contributed by atoms with van der Waals surface area (Å²) in [5.74, 6) is -4.03. The van der Waals surface area contributed by atoms with Crippen LogP contribution in [0.5, 0.6) is 0 Å². The van der Waals surface area contributed by atoms with Crippen molar-refractivity contribution in [3.05, 3.63) is 36.0 Å². The number of para-hydroxylation sites is 1. The second-order valence-corrected chi connectivity index (χ2v) is 9.18. The summed E-state index contributed by atoms with van der Waals surface area (Å²) in [4.78, 5) is 64.1. The number of aromatic nitrogens is 1. The predicted octanol–water partition coefficient (Wildman–Crippen LogP) is -0.0918. The molecule has 2 aromatic rings. The molecule has 1 aromatic carbocycles. The molecule has 1 heterocycles. The summed E-state index contributed by atoms with van der Waals surface area (Å²) in [7, 11) is 0. The van der Waals surface area contributed by atoms with Gasteiger partial charge in [-0.15, -0.1) is 0 Å². The van der Waals surface area contributed by atoms with Crippen LogP contribution in [0.1, 0.15) is 45.6 Å². The molecule has 5 atom stereocenters. The molecule has 1 aromatic heterocycles. The highest BCUT2D eigenvalue weighted by atomic mass is 16.4. The number of aromatic amines is 1. The van der Waals surface area contributed by atoms with Gasteiger partial charge < -0.3 is 37.5 Å². The number of nitrogens with two attached hydrogens (primary N) is 2. The molecule has 0 fully saturated rings. The Labute approximate surface area is 214 Å². The van der Waals surface area contributed by atoms with Gasteiger partial charge in [-0.25, -0.2) is 4.79 Å². The number of hydrogen-bond donors (Lipinski definition) is 7. The van der Waals surface area contributed by atoms with Crippen molar-refractivity contribution in [3.63, 3.8) is 0 Å². The zero-order valence-electron chi connectivity index (χ0n) is 21.2. The second kappa shape index (κ2) is 13.4. The van der Waals surface area contributed by atoms with Crippen molar-refractivity contribution in [1.29, 1.82) is 0 Å². The van der Waals surface area contributed by atoms with Crippen LogP contribution in [0.3, 0.4) is 0 Å². The van der Waals surface area contributed by atoms with Crippen LogP contribution in [-0.4, -0.2) is 63.9 Å². The minimum Gasteiger partial charge on any atom is -0.480 e. The first kappa shape index (κ1) is 29.3. The van der Waals surface area contributed by atoms with Crippen molar-refractivity contribution in [1.82, 2.24) is 20.9 Å². The van der Waals surface area contributed by atoms with E-state index >= 15 is 0 Å².